The van der Waals surface area contributed by atoms with Crippen LogP contribution in [0, 0.1) is 6.92 Å². The third-order valence-electron chi connectivity index (χ3n) is 3.52. The summed E-state index contributed by atoms with van der Waals surface area (Å²) < 4.78 is 0. The fourth-order valence-corrected chi connectivity index (χ4v) is 2.35. The lowest BCUT2D eigenvalue weighted by molar-refractivity contribution is 0.0983. The zero-order valence-corrected chi connectivity index (χ0v) is 14.0. The number of benzene rings is 1. The van der Waals surface area contributed by atoms with E-state index in [0.29, 0.717) is 23.9 Å². The molecule has 0 bridgehead atoms. The minimum Gasteiger partial charge on any atom is -0.370 e. The molecule has 23 heavy (non-hydrogen) atoms. The van der Waals surface area contributed by atoms with Crippen molar-refractivity contribution in [2.75, 3.05) is 23.3 Å². The van der Waals surface area contributed by atoms with Gasteiger partial charge in [-0.05, 0) is 32.4 Å². The molecule has 2 rings (SSSR count). The van der Waals surface area contributed by atoms with Gasteiger partial charge >= 0.3 is 0 Å². The van der Waals surface area contributed by atoms with Crippen LogP contribution in [0.4, 0.5) is 11.5 Å². The van der Waals surface area contributed by atoms with Gasteiger partial charge in [0, 0.05) is 24.8 Å². The van der Waals surface area contributed by atoms with E-state index in [-0.39, 0.29) is 5.91 Å². The summed E-state index contributed by atoms with van der Waals surface area (Å²) >= 11 is 0. The Labute approximate surface area is 137 Å². The molecule has 0 radical (unpaired) electrons. The van der Waals surface area contributed by atoms with Crippen molar-refractivity contribution in [2.45, 2.75) is 33.6 Å². The van der Waals surface area contributed by atoms with E-state index in [0.717, 1.165) is 25.1 Å². The quantitative estimate of drug-likeness (QED) is 0.793. The van der Waals surface area contributed by atoms with Gasteiger partial charge in [-0.2, -0.15) is 0 Å². The second-order valence-electron chi connectivity index (χ2n) is 5.35. The molecule has 0 aliphatic rings. The largest absolute Gasteiger partial charge is 0.370 e. The fraction of sp³-hybridized carbons (Fsp3) is 0.389. The van der Waals surface area contributed by atoms with Gasteiger partial charge in [-0.15, -0.1) is 0 Å². The van der Waals surface area contributed by atoms with Crippen molar-refractivity contribution < 1.29 is 4.79 Å². The number of rotatable bonds is 7. The normalized spacial score (nSPS) is 10.4. The average Bonchev–Trinajstić information content (AvgIpc) is 2.56. The van der Waals surface area contributed by atoms with Crippen LogP contribution in [0.2, 0.25) is 0 Å². The van der Waals surface area contributed by atoms with E-state index < -0.39 is 0 Å². The highest BCUT2D eigenvalue weighted by molar-refractivity contribution is 6.05. The maximum absolute atomic E-state index is 12.8. The number of para-hydroxylation sites is 1. The highest BCUT2D eigenvalue weighted by Gasteiger charge is 2.18. The molecule has 0 saturated carbocycles. The summed E-state index contributed by atoms with van der Waals surface area (Å²) in [6, 6.07) is 11.4. The second kappa shape index (κ2) is 8.27. The number of amides is 1. The van der Waals surface area contributed by atoms with E-state index in [1.54, 1.807) is 17.9 Å². The van der Waals surface area contributed by atoms with Gasteiger partial charge in [0.2, 0.25) is 0 Å². The molecule has 0 aliphatic carbocycles. The van der Waals surface area contributed by atoms with Crippen LogP contribution in [-0.2, 0) is 0 Å². The van der Waals surface area contributed by atoms with Crippen molar-refractivity contribution in [3.8, 4) is 0 Å². The number of hydrogen-bond donors (Lipinski definition) is 1. The summed E-state index contributed by atoms with van der Waals surface area (Å²) in [7, 11) is 0. The standard InChI is InChI=1S/C18H24N4O/c1-4-6-12-19-17-13-16(20-14(3)21-17)18(23)22(5-2)15-10-8-7-9-11-15/h7-11,13H,4-6,12H2,1-3H3,(H,19,20,21). The zero-order chi connectivity index (χ0) is 16.7. The summed E-state index contributed by atoms with van der Waals surface area (Å²) in [5.74, 6) is 1.19. The highest BCUT2D eigenvalue weighted by Crippen LogP contribution is 2.17. The number of hydrogen-bond acceptors (Lipinski definition) is 4. The molecule has 1 amide bonds. The van der Waals surface area contributed by atoms with Crippen LogP contribution in [0.15, 0.2) is 36.4 Å². The van der Waals surface area contributed by atoms with Gasteiger partial charge in [-0.1, -0.05) is 31.5 Å². The van der Waals surface area contributed by atoms with Crippen LogP contribution in [0.1, 0.15) is 43.0 Å². The van der Waals surface area contributed by atoms with Crippen molar-refractivity contribution in [3.63, 3.8) is 0 Å². The summed E-state index contributed by atoms with van der Waals surface area (Å²) in [6.07, 6.45) is 2.18. The van der Waals surface area contributed by atoms with E-state index in [1.165, 1.54) is 0 Å². The molecule has 122 valence electrons. The monoisotopic (exact) mass is 312 g/mol. The van der Waals surface area contributed by atoms with Crippen molar-refractivity contribution in [1.82, 2.24) is 9.97 Å². The minimum atomic E-state index is -0.109. The molecule has 0 saturated heterocycles. The molecular weight excluding hydrogens is 288 g/mol. The molecule has 2 aromatic rings. The summed E-state index contributed by atoms with van der Waals surface area (Å²) in [4.78, 5) is 23.2. The van der Waals surface area contributed by atoms with Crippen LogP contribution >= 0.6 is 0 Å². The first kappa shape index (κ1) is 16.9. The molecule has 1 aromatic heterocycles. The number of anilines is 2. The predicted octanol–water partition coefficient (Wildman–Crippen LogP) is 3.66. The van der Waals surface area contributed by atoms with Gasteiger partial charge in [0.25, 0.3) is 5.91 Å². The van der Waals surface area contributed by atoms with Crippen LogP contribution in [-0.4, -0.2) is 29.0 Å². The Hall–Kier alpha value is -2.43. The number of unbranched alkanes of at least 4 members (excludes halogenated alkanes) is 1. The van der Waals surface area contributed by atoms with Crippen LogP contribution in [0.25, 0.3) is 0 Å². The van der Waals surface area contributed by atoms with Crippen molar-refractivity contribution in [2.24, 2.45) is 0 Å². The number of carbonyl (C=O) groups excluding carboxylic acids is 1. The van der Waals surface area contributed by atoms with Crippen LogP contribution in [0.3, 0.4) is 0 Å². The number of aromatic nitrogens is 2. The fourth-order valence-electron chi connectivity index (χ4n) is 2.35. The first-order valence-electron chi connectivity index (χ1n) is 8.12. The van der Waals surface area contributed by atoms with Gasteiger partial charge in [-0.3, -0.25) is 4.79 Å². The van der Waals surface area contributed by atoms with Crippen molar-refractivity contribution in [1.29, 1.82) is 0 Å². The van der Waals surface area contributed by atoms with Gasteiger partial charge in [0.1, 0.15) is 17.3 Å². The summed E-state index contributed by atoms with van der Waals surface area (Å²) in [5.41, 5.74) is 1.29. The van der Waals surface area contributed by atoms with E-state index in [2.05, 4.69) is 22.2 Å². The van der Waals surface area contributed by atoms with Crippen molar-refractivity contribution >= 4 is 17.4 Å². The van der Waals surface area contributed by atoms with Crippen LogP contribution in [0.5, 0.6) is 0 Å². The Kier molecular flexibility index (Phi) is 6.09. The molecule has 0 spiro atoms. The third-order valence-corrected chi connectivity index (χ3v) is 3.52. The molecule has 0 atom stereocenters. The Bertz CT molecular complexity index is 643. The van der Waals surface area contributed by atoms with E-state index in [4.69, 9.17) is 0 Å². The first-order chi connectivity index (χ1) is 11.2. The SMILES string of the molecule is CCCCNc1cc(C(=O)N(CC)c2ccccc2)nc(C)n1. The Morgan fingerprint density at radius 2 is 1.91 bits per heavy atom. The lowest BCUT2D eigenvalue weighted by Gasteiger charge is -2.21. The van der Waals surface area contributed by atoms with E-state index in [9.17, 15) is 4.79 Å². The number of carbonyl (C=O) groups is 1. The molecular formula is C18H24N4O. The molecule has 0 aliphatic heterocycles. The average molecular weight is 312 g/mol. The number of aryl methyl sites for hydroxylation is 1. The number of nitrogens with zero attached hydrogens (tertiary/aromatic N) is 3. The van der Waals surface area contributed by atoms with Gasteiger partial charge in [0.05, 0.1) is 0 Å². The maximum Gasteiger partial charge on any atom is 0.277 e. The lowest BCUT2D eigenvalue weighted by Crippen LogP contribution is -2.31. The topological polar surface area (TPSA) is 58.1 Å². The molecule has 5 heteroatoms. The third kappa shape index (κ3) is 4.52. The Morgan fingerprint density at radius 3 is 2.57 bits per heavy atom. The van der Waals surface area contributed by atoms with Crippen LogP contribution < -0.4 is 10.2 Å². The van der Waals surface area contributed by atoms with E-state index >= 15 is 0 Å². The lowest BCUT2D eigenvalue weighted by atomic mass is 10.2. The minimum absolute atomic E-state index is 0.109. The summed E-state index contributed by atoms with van der Waals surface area (Å²) in [5, 5.41) is 3.26. The number of nitrogens with one attached hydrogen (secondary N) is 1. The molecule has 0 unspecified atom stereocenters. The summed E-state index contributed by atoms with van der Waals surface area (Å²) in [6.45, 7) is 7.34. The van der Waals surface area contributed by atoms with Gasteiger partial charge in [-0.25, -0.2) is 9.97 Å². The Balaban J connectivity index is 2.23. The first-order valence-corrected chi connectivity index (χ1v) is 8.12. The molecule has 1 aromatic carbocycles. The second-order valence-corrected chi connectivity index (χ2v) is 5.35. The zero-order valence-electron chi connectivity index (χ0n) is 14.0. The molecule has 5 nitrogen and oxygen atoms in total. The van der Waals surface area contributed by atoms with Gasteiger partial charge in [0.15, 0.2) is 0 Å². The molecule has 1 N–H and O–H groups in total. The smallest absolute Gasteiger partial charge is 0.277 e. The van der Waals surface area contributed by atoms with E-state index in [1.807, 2.05) is 37.3 Å². The molecule has 1 heterocycles. The predicted molar refractivity (Wildman–Crippen MR) is 94.0 cm³/mol. The van der Waals surface area contributed by atoms with Crippen molar-refractivity contribution in [3.05, 3.63) is 47.9 Å². The maximum atomic E-state index is 12.8. The Morgan fingerprint density at radius 1 is 1.17 bits per heavy atom. The molecule has 0 fully saturated rings. The van der Waals surface area contributed by atoms with Gasteiger partial charge < -0.3 is 10.2 Å². The highest BCUT2D eigenvalue weighted by atomic mass is 16.2.